The van der Waals surface area contributed by atoms with E-state index < -0.39 is 0 Å². The van der Waals surface area contributed by atoms with Gasteiger partial charge in [0, 0.05) is 58.1 Å². The van der Waals surface area contributed by atoms with Gasteiger partial charge in [-0.1, -0.05) is 11.6 Å². The molecule has 5 rings (SSSR count). The van der Waals surface area contributed by atoms with Crippen LogP contribution in [-0.2, 0) is 11.3 Å². The molecule has 0 spiro atoms. The van der Waals surface area contributed by atoms with Crippen molar-refractivity contribution in [3.05, 3.63) is 46.6 Å². The third kappa shape index (κ3) is 3.89. The Labute approximate surface area is 192 Å². The van der Waals surface area contributed by atoms with Crippen LogP contribution < -0.4 is 20.4 Å². The van der Waals surface area contributed by atoms with Crippen molar-refractivity contribution in [3.63, 3.8) is 0 Å². The summed E-state index contributed by atoms with van der Waals surface area (Å²) in [5.74, 6) is 0.843. The van der Waals surface area contributed by atoms with E-state index in [0.29, 0.717) is 10.6 Å². The van der Waals surface area contributed by atoms with Gasteiger partial charge in [0.15, 0.2) is 5.82 Å². The van der Waals surface area contributed by atoms with Crippen molar-refractivity contribution in [3.8, 4) is 0 Å². The molecule has 3 aliphatic heterocycles. The van der Waals surface area contributed by atoms with Crippen LogP contribution in [0.15, 0.2) is 30.5 Å². The van der Waals surface area contributed by atoms with E-state index in [1.54, 1.807) is 13.1 Å². The normalized spacial score (nSPS) is 20.6. The first-order valence-electron chi connectivity index (χ1n) is 11.1. The van der Waals surface area contributed by atoms with E-state index in [4.69, 9.17) is 11.6 Å². The van der Waals surface area contributed by atoms with Crippen LogP contribution in [0.25, 0.3) is 0 Å². The first-order chi connectivity index (χ1) is 15.5. The SMILES string of the molecule is CNC(=O)c1ccc(N2CCN(Cc3cnc4c(c3)NC(=O)C3CCCN43)CC2)c(Cl)c1. The maximum atomic E-state index is 12.4. The molecule has 4 heterocycles. The molecule has 0 bridgehead atoms. The summed E-state index contributed by atoms with van der Waals surface area (Å²) in [7, 11) is 1.61. The fourth-order valence-electron chi connectivity index (χ4n) is 4.87. The van der Waals surface area contributed by atoms with Crippen LogP contribution in [0.4, 0.5) is 17.2 Å². The third-order valence-corrected chi connectivity index (χ3v) is 6.87. The minimum absolute atomic E-state index is 0.0637. The summed E-state index contributed by atoms with van der Waals surface area (Å²) in [6.07, 6.45) is 3.87. The minimum Gasteiger partial charge on any atom is -0.368 e. The van der Waals surface area contributed by atoms with E-state index in [2.05, 4.69) is 36.4 Å². The highest BCUT2D eigenvalue weighted by molar-refractivity contribution is 6.33. The summed E-state index contributed by atoms with van der Waals surface area (Å²) in [5.41, 5.74) is 3.44. The summed E-state index contributed by atoms with van der Waals surface area (Å²) in [6.45, 7) is 5.17. The Morgan fingerprint density at radius 1 is 1.22 bits per heavy atom. The molecule has 2 aromatic rings. The molecule has 2 N–H and O–H groups in total. The highest BCUT2D eigenvalue weighted by atomic mass is 35.5. The van der Waals surface area contributed by atoms with Crippen molar-refractivity contribution < 1.29 is 9.59 Å². The number of carbonyl (C=O) groups is 2. The van der Waals surface area contributed by atoms with Crippen molar-refractivity contribution in [2.24, 2.45) is 0 Å². The van der Waals surface area contributed by atoms with Gasteiger partial charge in [-0.25, -0.2) is 4.98 Å². The van der Waals surface area contributed by atoms with E-state index in [1.165, 1.54) is 0 Å². The number of amides is 2. The number of piperazine rings is 1. The Morgan fingerprint density at radius 3 is 2.78 bits per heavy atom. The average Bonchev–Trinajstić information content (AvgIpc) is 3.30. The van der Waals surface area contributed by atoms with Crippen LogP contribution >= 0.6 is 11.6 Å². The van der Waals surface area contributed by atoms with Crippen LogP contribution in [0, 0.1) is 0 Å². The van der Waals surface area contributed by atoms with E-state index in [9.17, 15) is 9.59 Å². The van der Waals surface area contributed by atoms with Crippen LogP contribution in [-0.4, -0.2) is 67.5 Å². The number of carbonyl (C=O) groups excluding carboxylic acids is 2. The van der Waals surface area contributed by atoms with Gasteiger partial charge in [0.25, 0.3) is 5.91 Å². The fourth-order valence-corrected chi connectivity index (χ4v) is 5.17. The van der Waals surface area contributed by atoms with Crippen molar-refractivity contribution in [1.82, 2.24) is 15.2 Å². The molecule has 3 aliphatic rings. The highest BCUT2D eigenvalue weighted by Gasteiger charge is 2.37. The lowest BCUT2D eigenvalue weighted by molar-refractivity contribution is -0.117. The highest BCUT2D eigenvalue weighted by Crippen LogP contribution is 2.35. The lowest BCUT2D eigenvalue weighted by atomic mass is 10.1. The molecular weight excluding hydrogens is 428 g/mol. The average molecular weight is 455 g/mol. The van der Waals surface area contributed by atoms with Gasteiger partial charge < -0.3 is 20.4 Å². The van der Waals surface area contributed by atoms with E-state index in [0.717, 1.165) is 74.9 Å². The summed E-state index contributed by atoms with van der Waals surface area (Å²) < 4.78 is 0. The molecule has 2 amide bonds. The van der Waals surface area contributed by atoms with Crippen molar-refractivity contribution >= 4 is 40.6 Å². The van der Waals surface area contributed by atoms with Gasteiger partial charge in [-0.3, -0.25) is 14.5 Å². The smallest absolute Gasteiger partial charge is 0.251 e. The maximum absolute atomic E-state index is 12.4. The number of fused-ring (bicyclic) bond motifs is 3. The molecule has 0 aliphatic carbocycles. The summed E-state index contributed by atoms with van der Waals surface area (Å²) >= 11 is 6.47. The van der Waals surface area contributed by atoms with Crippen LogP contribution in [0.3, 0.4) is 0 Å². The Bertz CT molecular complexity index is 1050. The Hall–Kier alpha value is -2.84. The number of anilines is 3. The van der Waals surface area contributed by atoms with Crippen molar-refractivity contribution in [1.29, 1.82) is 0 Å². The van der Waals surface area contributed by atoms with E-state index in [-0.39, 0.29) is 17.9 Å². The number of nitrogens with one attached hydrogen (secondary N) is 2. The number of rotatable bonds is 4. The molecule has 8 nitrogen and oxygen atoms in total. The van der Waals surface area contributed by atoms with E-state index >= 15 is 0 Å². The van der Waals surface area contributed by atoms with Crippen LogP contribution in [0.5, 0.6) is 0 Å². The molecule has 2 saturated heterocycles. The third-order valence-electron chi connectivity index (χ3n) is 6.56. The molecule has 1 unspecified atom stereocenters. The monoisotopic (exact) mass is 454 g/mol. The first-order valence-corrected chi connectivity index (χ1v) is 11.5. The molecule has 0 radical (unpaired) electrons. The summed E-state index contributed by atoms with van der Waals surface area (Å²) in [4.78, 5) is 35.7. The minimum atomic E-state index is -0.140. The molecule has 1 aromatic carbocycles. The second-order valence-corrected chi connectivity index (χ2v) is 8.97. The molecule has 9 heteroatoms. The van der Waals surface area contributed by atoms with Crippen molar-refractivity contribution in [2.45, 2.75) is 25.4 Å². The number of pyridine rings is 1. The molecule has 168 valence electrons. The predicted molar refractivity (Wildman–Crippen MR) is 126 cm³/mol. The largest absolute Gasteiger partial charge is 0.368 e. The van der Waals surface area contributed by atoms with Gasteiger partial charge >= 0.3 is 0 Å². The topological polar surface area (TPSA) is 80.8 Å². The second-order valence-electron chi connectivity index (χ2n) is 8.56. The lowest BCUT2D eigenvalue weighted by Crippen LogP contribution is -2.46. The summed E-state index contributed by atoms with van der Waals surface area (Å²) in [6, 6.07) is 7.45. The standard InChI is InChI=1S/C23H27ClN6O2/c1-25-22(31)16-4-5-19(17(24)12-16)29-9-7-28(8-10-29)14-15-11-18-21(26-13-15)30-6-2-3-20(30)23(32)27-18/h4-5,11-13,20H,2-3,6-10,14H2,1H3,(H,25,31)(H,27,32). The van der Waals surface area contributed by atoms with Gasteiger partial charge in [0.2, 0.25) is 5.91 Å². The van der Waals surface area contributed by atoms with Crippen LogP contribution in [0.2, 0.25) is 5.02 Å². The zero-order chi connectivity index (χ0) is 22.2. The second kappa shape index (κ2) is 8.60. The molecule has 2 fully saturated rings. The first kappa shape index (κ1) is 21.0. The Morgan fingerprint density at radius 2 is 2.03 bits per heavy atom. The van der Waals surface area contributed by atoms with Gasteiger partial charge in [-0.2, -0.15) is 0 Å². The fraction of sp³-hybridized carbons (Fsp3) is 0.435. The maximum Gasteiger partial charge on any atom is 0.251 e. The molecule has 0 saturated carbocycles. The predicted octanol–water partition coefficient (Wildman–Crippen LogP) is 2.34. The quantitative estimate of drug-likeness (QED) is 0.738. The Balaban J connectivity index is 1.22. The van der Waals surface area contributed by atoms with Gasteiger partial charge in [0.1, 0.15) is 6.04 Å². The number of nitrogens with zero attached hydrogens (tertiary/aromatic N) is 4. The zero-order valence-corrected chi connectivity index (χ0v) is 18.9. The van der Waals surface area contributed by atoms with Gasteiger partial charge in [0.05, 0.1) is 16.4 Å². The Kier molecular flexibility index (Phi) is 5.65. The molecular formula is C23H27ClN6O2. The molecule has 32 heavy (non-hydrogen) atoms. The van der Waals surface area contributed by atoms with Gasteiger partial charge in [-0.05, 0) is 42.7 Å². The number of aromatic nitrogens is 1. The number of hydrogen-bond acceptors (Lipinski definition) is 6. The zero-order valence-electron chi connectivity index (χ0n) is 18.1. The van der Waals surface area contributed by atoms with Crippen LogP contribution in [0.1, 0.15) is 28.8 Å². The lowest BCUT2D eigenvalue weighted by Gasteiger charge is -2.37. The van der Waals surface area contributed by atoms with E-state index in [1.807, 2.05) is 18.3 Å². The molecule has 1 aromatic heterocycles. The molecule has 1 atom stereocenters. The number of hydrogen-bond donors (Lipinski definition) is 2. The van der Waals surface area contributed by atoms with Gasteiger partial charge in [-0.15, -0.1) is 0 Å². The van der Waals surface area contributed by atoms with Crippen molar-refractivity contribution in [2.75, 3.05) is 54.9 Å². The number of benzene rings is 1. The number of halogens is 1. The summed E-state index contributed by atoms with van der Waals surface area (Å²) in [5, 5.41) is 6.26.